The predicted molar refractivity (Wildman–Crippen MR) is 40.0 cm³/mol. The smallest absolute Gasteiger partial charge is 0.117 e. The Bertz CT molecular complexity index is 62.7. The van der Waals surface area contributed by atoms with Gasteiger partial charge in [-0.05, 0) is 20.8 Å². The lowest BCUT2D eigenvalue weighted by molar-refractivity contribution is 0.630. The molecular weight excluding hydrogens is 166 g/mol. The number of hydrogen-bond donors (Lipinski definition) is 0. The van der Waals surface area contributed by atoms with Crippen molar-refractivity contribution in [3.05, 3.63) is 0 Å². The molecule has 8 heavy (non-hydrogen) atoms. The Labute approximate surface area is 65.1 Å². The van der Waals surface area contributed by atoms with Crippen molar-refractivity contribution < 1.29 is 0 Å². The number of halogens is 3. The summed E-state index contributed by atoms with van der Waals surface area (Å²) in [4.78, 5) is -0.559. The lowest BCUT2D eigenvalue weighted by Crippen LogP contribution is -2.31. The van der Waals surface area contributed by atoms with Gasteiger partial charge in [0.15, 0.2) is 0 Å². The van der Waals surface area contributed by atoms with E-state index in [9.17, 15) is 0 Å². The van der Waals surface area contributed by atoms with E-state index in [1.54, 1.807) is 20.8 Å². The van der Waals surface area contributed by atoms with E-state index in [1.165, 1.54) is 0 Å². The molecule has 0 amide bonds. The molecule has 50 valence electrons. The van der Waals surface area contributed by atoms with E-state index in [4.69, 9.17) is 34.8 Å². The predicted octanol–water partition coefficient (Wildman–Crippen LogP) is 3.20. The van der Waals surface area contributed by atoms with Crippen molar-refractivity contribution in [1.82, 2.24) is 0 Å². The van der Waals surface area contributed by atoms with Crippen LogP contribution in [0.3, 0.4) is 0 Å². The molecule has 3 heteroatoms. The van der Waals surface area contributed by atoms with Crippen LogP contribution in [0.5, 0.6) is 0 Å². The second-order valence-corrected chi connectivity index (χ2v) is 5.01. The van der Waals surface area contributed by atoms with Gasteiger partial charge in [-0.1, -0.05) is 0 Å². The lowest BCUT2D eigenvalue weighted by Gasteiger charge is -2.26. The summed E-state index contributed by atoms with van der Waals surface area (Å²) in [6.45, 7) is 5.21. The van der Waals surface area contributed by atoms with Crippen molar-refractivity contribution in [3.63, 3.8) is 0 Å². The first-order chi connectivity index (χ1) is 3.25. The molecule has 0 aromatic heterocycles. The van der Waals surface area contributed by atoms with Crippen LogP contribution in [-0.2, 0) is 0 Å². The molecule has 0 spiro atoms. The number of alkyl halides is 3. The highest BCUT2D eigenvalue weighted by Gasteiger charge is 2.35. The fourth-order valence-electron chi connectivity index (χ4n) is 0. The molecule has 0 nitrogen and oxygen atoms in total. The van der Waals surface area contributed by atoms with Crippen molar-refractivity contribution in [2.75, 3.05) is 0 Å². The molecule has 0 N–H and O–H groups in total. The SMILES string of the molecule is CC(C)(Cl)C(C)(Cl)Cl. The topological polar surface area (TPSA) is 0 Å². The van der Waals surface area contributed by atoms with Gasteiger partial charge in [0, 0.05) is 0 Å². The Morgan fingerprint density at radius 1 is 0.875 bits per heavy atom. The van der Waals surface area contributed by atoms with Crippen LogP contribution in [0.25, 0.3) is 0 Å². The summed E-state index contributed by atoms with van der Waals surface area (Å²) in [6, 6.07) is 0. The van der Waals surface area contributed by atoms with Gasteiger partial charge in [-0.15, -0.1) is 34.8 Å². The fraction of sp³-hybridized carbons (Fsp3) is 1.00. The first-order valence-corrected chi connectivity index (χ1v) is 3.45. The summed E-state index contributed by atoms with van der Waals surface area (Å²) in [7, 11) is 0. The Hall–Kier alpha value is 0.870. The zero-order chi connectivity index (χ0) is 7.00. The van der Waals surface area contributed by atoms with Gasteiger partial charge in [0.2, 0.25) is 0 Å². The van der Waals surface area contributed by atoms with E-state index in [0.29, 0.717) is 0 Å². The molecule has 0 atom stereocenters. The molecule has 0 aliphatic heterocycles. The van der Waals surface area contributed by atoms with Crippen molar-refractivity contribution in [1.29, 1.82) is 0 Å². The van der Waals surface area contributed by atoms with Crippen LogP contribution in [0.15, 0.2) is 0 Å². The minimum atomic E-state index is -0.853. The summed E-state index contributed by atoms with van der Waals surface area (Å²) in [5.41, 5.74) is 0. The van der Waals surface area contributed by atoms with Crippen molar-refractivity contribution >= 4 is 34.8 Å². The van der Waals surface area contributed by atoms with E-state index in [-0.39, 0.29) is 0 Å². The minimum absolute atomic E-state index is 0.559. The molecular formula is C5H9Cl3. The van der Waals surface area contributed by atoms with Crippen molar-refractivity contribution in [2.45, 2.75) is 30.0 Å². The molecule has 0 aliphatic rings. The maximum absolute atomic E-state index is 5.75. The summed E-state index contributed by atoms with van der Waals surface area (Å²) in [5, 5.41) is 0. The third-order valence-electron chi connectivity index (χ3n) is 1.04. The molecule has 0 fully saturated rings. The molecule has 0 rings (SSSR count). The molecule has 0 saturated heterocycles. The average molecular weight is 175 g/mol. The molecule has 0 unspecified atom stereocenters. The third kappa shape index (κ3) is 2.43. The van der Waals surface area contributed by atoms with E-state index < -0.39 is 9.21 Å². The Kier molecular flexibility index (Phi) is 2.49. The summed E-state index contributed by atoms with van der Waals surface area (Å²) < 4.78 is -0.853. The van der Waals surface area contributed by atoms with E-state index in [0.717, 1.165) is 0 Å². The summed E-state index contributed by atoms with van der Waals surface area (Å²) >= 11 is 17.0. The number of hydrogen-bond acceptors (Lipinski definition) is 0. The molecule has 0 saturated carbocycles. The highest BCUT2D eigenvalue weighted by molar-refractivity contribution is 6.53. The zero-order valence-electron chi connectivity index (χ0n) is 5.13. The quantitative estimate of drug-likeness (QED) is 0.537. The van der Waals surface area contributed by atoms with Crippen LogP contribution >= 0.6 is 34.8 Å². The zero-order valence-corrected chi connectivity index (χ0v) is 7.40. The molecule has 0 aliphatic carbocycles. The van der Waals surface area contributed by atoms with E-state index in [2.05, 4.69) is 0 Å². The molecule has 0 aromatic rings. The maximum atomic E-state index is 5.75. The van der Waals surface area contributed by atoms with Crippen molar-refractivity contribution in [2.24, 2.45) is 0 Å². The van der Waals surface area contributed by atoms with Gasteiger partial charge in [-0.2, -0.15) is 0 Å². The molecule has 0 aromatic carbocycles. The van der Waals surface area contributed by atoms with Gasteiger partial charge < -0.3 is 0 Å². The highest BCUT2D eigenvalue weighted by atomic mass is 35.5. The van der Waals surface area contributed by atoms with Gasteiger partial charge >= 0.3 is 0 Å². The normalized spacial score (nSPS) is 14.2. The average Bonchev–Trinajstić information content (AvgIpc) is 1.25. The third-order valence-corrected chi connectivity index (χ3v) is 2.56. The number of rotatable bonds is 1. The van der Waals surface area contributed by atoms with Gasteiger partial charge in [0.1, 0.15) is 4.33 Å². The molecule has 0 radical (unpaired) electrons. The van der Waals surface area contributed by atoms with Gasteiger partial charge in [-0.25, -0.2) is 0 Å². The summed E-state index contributed by atoms with van der Waals surface area (Å²) in [6.07, 6.45) is 0. The molecule has 0 heterocycles. The highest BCUT2D eigenvalue weighted by Crippen LogP contribution is 2.37. The first kappa shape index (κ1) is 8.87. The van der Waals surface area contributed by atoms with E-state index in [1.807, 2.05) is 0 Å². The minimum Gasteiger partial charge on any atom is -0.117 e. The first-order valence-electron chi connectivity index (χ1n) is 2.32. The maximum Gasteiger partial charge on any atom is 0.134 e. The fourth-order valence-corrected chi connectivity index (χ4v) is 0. The van der Waals surface area contributed by atoms with Crippen molar-refractivity contribution in [3.8, 4) is 0 Å². The van der Waals surface area contributed by atoms with Crippen LogP contribution in [0.2, 0.25) is 0 Å². The van der Waals surface area contributed by atoms with E-state index >= 15 is 0 Å². The van der Waals surface area contributed by atoms with Crippen LogP contribution in [-0.4, -0.2) is 9.21 Å². The van der Waals surface area contributed by atoms with Crippen LogP contribution in [0.1, 0.15) is 20.8 Å². The standard InChI is InChI=1S/C5H9Cl3/c1-4(2,6)5(3,7)8/h1-3H3. The second kappa shape index (κ2) is 2.24. The lowest BCUT2D eigenvalue weighted by atomic mass is 10.1. The largest absolute Gasteiger partial charge is 0.134 e. The van der Waals surface area contributed by atoms with Crippen LogP contribution < -0.4 is 0 Å². The Morgan fingerprint density at radius 2 is 1.00 bits per heavy atom. The molecule has 0 bridgehead atoms. The Balaban J connectivity index is 4.02. The monoisotopic (exact) mass is 174 g/mol. The Morgan fingerprint density at radius 3 is 1.00 bits per heavy atom. The summed E-state index contributed by atoms with van der Waals surface area (Å²) in [5.74, 6) is 0. The van der Waals surface area contributed by atoms with Crippen LogP contribution in [0.4, 0.5) is 0 Å². The van der Waals surface area contributed by atoms with Gasteiger partial charge in [0.05, 0.1) is 4.87 Å². The second-order valence-electron chi connectivity index (χ2n) is 2.36. The van der Waals surface area contributed by atoms with Gasteiger partial charge in [0.25, 0.3) is 0 Å². The van der Waals surface area contributed by atoms with Gasteiger partial charge in [-0.3, -0.25) is 0 Å². The van der Waals surface area contributed by atoms with Crippen LogP contribution in [0, 0.1) is 0 Å².